The summed E-state index contributed by atoms with van der Waals surface area (Å²) in [7, 11) is 0. The van der Waals surface area contributed by atoms with Crippen molar-refractivity contribution in [3.63, 3.8) is 0 Å². The average molecular weight is 454 g/mol. The Morgan fingerprint density at radius 1 is 1.13 bits per heavy atom. The molecule has 1 fully saturated rings. The van der Waals surface area contributed by atoms with E-state index in [1.54, 1.807) is 0 Å². The fourth-order valence-electron chi connectivity index (χ4n) is 4.05. The van der Waals surface area contributed by atoms with Crippen molar-refractivity contribution in [1.82, 2.24) is 9.88 Å². The van der Waals surface area contributed by atoms with Crippen molar-refractivity contribution in [3.05, 3.63) is 58.7 Å². The monoisotopic (exact) mass is 453 g/mol. The molecule has 160 valence electrons. The molecule has 3 nitrogen and oxygen atoms in total. The zero-order valence-corrected chi connectivity index (χ0v) is 18.4. The number of aromatic nitrogens is 1. The van der Waals surface area contributed by atoms with Gasteiger partial charge in [-0.1, -0.05) is 35.1 Å². The van der Waals surface area contributed by atoms with E-state index < -0.39 is 11.7 Å². The summed E-state index contributed by atoms with van der Waals surface area (Å²) in [6, 6.07) is 10.4. The highest BCUT2D eigenvalue weighted by molar-refractivity contribution is 7.22. The van der Waals surface area contributed by atoms with Crippen molar-refractivity contribution in [3.8, 4) is 0 Å². The van der Waals surface area contributed by atoms with Crippen LogP contribution in [0.15, 0.2) is 36.4 Å². The molecule has 0 amide bonds. The van der Waals surface area contributed by atoms with Gasteiger partial charge in [-0.2, -0.15) is 13.2 Å². The smallest absolute Gasteiger partial charge is 0.343 e. The molecule has 2 aromatic carbocycles. The Hall–Kier alpha value is -1.83. The van der Waals surface area contributed by atoms with Crippen molar-refractivity contribution < 1.29 is 13.2 Å². The molecule has 0 aliphatic carbocycles. The van der Waals surface area contributed by atoms with Crippen molar-refractivity contribution in [2.75, 3.05) is 24.5 Å². The Balaban J connectivity index is 1.47. The number of thiazole rings is 1. The quantitative estimate of drug-likeness (QED) is 0.447. The predicted molar refractivity (Wildman–Crippen MR) is 117 cm³/mol. The molecule has 30 heavy (non-hydrogen) atoms. The zero-order chi connectivity index (χ0) is 21.5. The van der Waals surface area contributed by atoms with Crippen LogP contribution in [0.3, 0.4) is 0 Å². The summed E-state index contributed by atoms with van der Waals surface area (Å²) in [4.78, 5) is 9.21. The predicted octanol–water partition coefficient (Wildman–Crippen LogP) is 6.07. The first-order valence-electron chi connectivity index (χ1n) is 9.85. The van der Waals surface area contributed by atoms with Crippen LogP contribution in [-0.4, -0.2) is 35.6 Å². The highest BCUT2D eigenvalue weighted by atomic mass is 35.5. The van der Waals surface area contributed by atoms with Crippen LogP contribution in [0, 0.1) is 6.92 Å². The summed E-state index contributed by atoms with van der Waals surface area (Å²) in [5, 5.41) is 0.788. The SMILES string of the molecule is Cc1cc(CCl)cc(CN2CCN(c3nc4ccc(C(F)(F)F)cc4s3)C(C)C2)c1. The molecule has 4 rings (SSSR count). The average Bonchev–Trinajstić information content (AvgIpc) is 3.09. The summed E-state index contributed by atoms with van der Waals surface area (Å²) >= 11 is 7.34. The lowest BCUT2D eigenvalue weighted by Crippen LogP contribution is -2.51. The summed E-state index contributed by atoms with van der Waals surface area (Å²) < 4.78 is 39.6. The van der Waals surface area contributed by atoms with Gasteiger partial charge in [0.25, 0.3) is 0 Å². The lowest BCUT2D eigenvalue weighted by Gasteiger charge is -2.39. The first kappa shape index (κ1) is 21.4. The molecule has 0 N–H and O–H groups in total. The number of hydrogen-bond acceptors (Lipinski definition) is 4. The van der Waals surface area contributed by atoms with Gasteiger partial charge in [0.2, 0.25) is 0 Å². The van der Waals surface area contributed by atoms with E-state index in [-0.39, 0.29) is 6.04 Å². The van der Waals surface area contributed by atoms with Crippen LogP contribution in [0.25, 0.3) is 10.2 Å². The second-order valence-electron chi connectivity index (χ2n) is 7.91. The minimum absolute atomic E-state index is 0.221. The van der Waals surface area contributed by atoms with E-state index in [2.05, 4.69) is 46.8 Å². The van der Waals surface area contributed by atoms with Crippen LogP contribution in [0.2, 0.25) is 0 Å². The van der Waals surface area contributed by atoms with Gasteiger partial charge in [-0.3, -0.25) is 4.90 Å². The van der Waals surface area contributed by atoms with Gasteiger partial charge in [0.05, 0.1) is 15.8 Å². The molecule has 0 radical (unpaired) electrons. The van der Waals surface area contributed by atoms with Gasteiger partial charge in [-0.15, -0.1) is 11.6 Å². The molecular formula is C22H23ClF3N3S. The van der Waals surface area contributed by atoms with E-state index in [9.17, 15) is 13.2 Å². The second kappa shape index (κ2) is 8.36. The van der Waals surface area contributed by atoms with Crippen molar-refractivity contribution in [2.45, 2.75) is 38.5 Å². The first-order valence-corrected chi connectivity index (χ1v) is 11.2. The van der Waals surface area contributed by atoms with E-state index in [0.29, 0.717) is 16.1 Å². The van der Waals surface area contributed by atoms with Gasteiger partial charge >= 0.3 is 6.18 Å². The molecule has 1 atom stereocenters. The number of rotatable bonds is 4. The van der Waals surface area contributed by atoms with Crippen LogP contribution in [0.1, 0.15) is 29.2 Å². The fourth-order valence-corrected chi connectivity index (χ4v) is 5.33. The number of aryl methyl sites for hydroxylation is 1. The molecular weight excluding hydrogens is 431 g/mol. The Kier molecular flexibility index (Phi) is 5.97. The third-order valence-corrected chi connectivity index (χ3v) is 6.78. The topological polar surface area (TPSA) is 19.4 Å². The minimum atomic E-state index is -4.34. The van der Waals surface area contributed by atoms with Gasteiger partial charge in [0.1, 0.15) is 0 Å². The number of piperazine rings is 1. The minimum Gasteiger partial charge on any atom is -0.343 e. The molecule has 1 aliphatic rings. The number of benzene rings is 2. The van der Waals surface area contributed by atoms with Gasteiger partial charge in [0.15, 0.2) is 5.13 Å². The van der Waals surface area contributed by atoms with Gasteiger partial charge in [-0.25, -0.2) is 4.98 Å². The first-order chi connectivity index (χ1) is 14.2. The molecule has 8 heteroatoms. The molecule has 1 unspecified atom stereocenters. The van der Waals surface area contributed by atoms with Crippen LogP contribution in [0.4, 0.5) is 18.3 Å². The van der Waals surface area contributed by atoms with Crippen LogP contribution >= 0.6 is 22.9 Å². The third kappa shape index (κ3) is 4.58. The Bertz CT molecular complexity index is 1050. The summed E-state index contributed by atoms with van der Waals surface area (Å²) in [6.07, 6.45) is -4.34. The number of nitrogens with zero attached hydrogens (tertiary/aromatic N) is 3. The van der Waals surface area contributed by atoms with Crippen LogP contribution in [-0.2, 0) is 18.6 Å². The van der Waals surface area contributed by atoms with Crippen LogP contribution < -0.4 is 4.90 Å². The maximum absolute atomic E-state index is 13.0. The summed E-state index contributed by atoms with van der Waals surface area (Å²) in [5.41, 5.74) is 3.59. The highest BCUT2D eigenvalue weighted by Crippen LogP contribution is 2.36. The lowest BCUT2D eigenvalue weighted by atomic mass is 10.1. The summed E-state index contributed by atoms with van der Waals surface area (Å²) in [6.45, 7) is 7.61. The largest absolute Gasteiger partial charge is 0.416 e. The maximum Gasteiger partial charge on any atom is 0.416 e. The molecule has 0 saturated carbocycles. The number of alkyl halides is 4. The fraction of sp³-hybridized carbons (Fsp3) is 0.409. The second-order valence-corrected chi connectivity index (χ2v) is 9.19. The van der Waals surface area contributed by atoms with E-state index >= 15 is 0 Å². The lowest BCUT2D eigenvalue weighted by molar-refractivity contribution is -0.137. The standard InChI is InChI=1S/C22H23ClF3N3S/c1-14-7-16(11-23)9-17(8-14)13-28-5-6-29(15(2)12-28)21-27-19-4-3-18(22(24,25)26)10-20(19)30-21/h3-4,7-10,15H,5-6,11-13H2,1-2H3. The van der Waals surface area contributed by atoms with E-state index in [1.165, 1.54) is 34.6 Å². The zero-order valence-electron chi connectivity index (χ0n) is 16.8. The number of anilines is 1. The number of fused-ring (bicyclic) bond motifs is 1. The van der Waals surface area contributed by atoms with E-state index in [4.69, 9.17) is 11.6 Å². The van der Waals surface area contributed by atoms with Crippen molar-refractivity contribution >= 4 is 38.3 Å². The molecule has 1 aromatic heterocycles. The van der Waals surface area contributed by atoms with Crippen molar-refractivity contribution in [1.29, 1.82) is 0 Å². The molecule has 0 spiro atoms. The number of halogens is 4. The molecule has 1 saturated heterocycles. The van der Waals surface area contributed by atoms with Gasteiger partial charge in [-0.05, 0) is 43.2 Å². The van der Waals surface area contributed by atoms with E-state index in [0.717, 1.165) is 42.9 Å². The normalized spacial score (nSPS) is 18.3. The molecule has 2 heterocycles. The Morgan fingerprint density at radius 2 is 1.90 bits per heavy atom. The summed E-state index contributed by atoms with van der Waals surface area (Å²) in [5.74, 6) is 0.506. The van der Waals surface area contributed by atoms with E-state index in [1.807, 2.05) is 0 Å². The molecule has 3 aromatic rings. The Morgan fingerprint density at radius 3 is 2.60 bits per heavy atom. The molecule has 0 bridgehead atoms. The third-order valence-electron chi connectivity index (χ3n) is 5.42. The molecule has 1 aliphatic heterocycles. The Labute approximate surface area is 183 Å². The maximum atomic E-state index is 13.0. The van der Waals surface area contributed by atoms with Crippen molar-refractivity contribution in [2.24, 2.45) is 0 Å². The van der Waals surface area contributed by atoms with Gasteiger partial charge < -0.3 is 4.90 Å². The van der Waals surface area contributed by atoms with Gasteiger partial charge in [0, 0.05) is 38.1 Å². The van der Waals surface area contributed by atoms with Crippen LogP contribution in [0.5, 0.6) is 0 Å². The number of hydrogen-bond donors (Lipinski definition) is 0. The highest BCUT2D eigenvalue weighted by Gasteiger charge is 2.31.